The van der Waals surface area contributed by atoms with Gasteiger partial charge in [-0.2, -0.15) is 13.2 Å². The third kappa shape index (κ3) is 3.76. The second-order valence-corrected chi connectivity index (χ2v) is 4.95. The van der Waals surface area contributed by atoms with Crippen LogP contribution in [0, 0.1) is 0 Å². The van der Waals surface area contributed by atoms with Crippen molar-refractivity contribution in [3.63, 3.8) is 0 Å². The molecule has 0 saturated heterocycles. The fraction of sp³-hybridized carbons (Fsp3) is 0.125. The van der Waals surface area contributed by atoms with Gasteiger partial charge in [-0.05, 0) is 30.3 Å². The lowest BCUT2D eigenvalue weighted by atomic mass is 10.1. The number of rotatable bonds is 3. The summed E-state index contributed by atoms with van der Waals surface area (Å²) in [5.41, 5.74) is -1.16. The van der Waals surface area contributed by atoms with Gasteiger partial charge in [-0.25, -0.2) is 18.7 Å². The molecule has 0 unspecified atom stereocenters. The van der Waals surface area contributed by atoms with Gasteiger partial charge in [-0.15, -0.1) is 0 Å². The van der Waals surface area contributed by atoms with E-state index in [1.807, 2.05) is 0 Å². The lowest BCUT2D eigenvalue weighted by molar-refractivity contribution is -0.141. The molecule has 3 heterocycles. The SMILES string of the molecule is FC(F)c1cc(-c2ccc(C(F)(F)F)nc2)nc(-c2ccccn2)n1. The first-order valence-corrected chi connectivity index (χ1v) is 6.97. The normalized spacial score (nSPS) is 11.8. The van der Waals surface area contributed by atoms with Crippen molar-refractivity contribution in [1.29, 1.82) is 0 Å². The maximum Gasteiger partial charge on any atom is 0.433 e. The smallest absolute Gasteiger partial charge is 0.253 e. The average Bonchev–Trinajstić information content (AvgIpc) is 2.61. The molecular weight excluding hydrogens is 343 g/mol. The third-order valence-corrected chi connectivity index (χ3v) is 3.21. The minimum Gasteiger partial charge on any atom is -0.253 e. The lowest BCUT2D eigenvalue weighted by Crippen LogP contribution is -2.07. The van der Waals surface area contributed by atoms with Crippen LogP contribution in [0.1, 0.15) is 17.8 Å². The standard InChI is InChI=1S/C16H9F5N4/c17-14(18)12-7-11(9-4-5-13(23-8-9)16(19,20)21)24-15(25-12)10-3-1-2-6-22-10/h1-8,14H. The van der Waals surface area contributed by atoms with Gasteiger partial charge in [0.25, 0.3) is 6.43 Å². The van der Waals surface area contributed by atoms with Crippen LogP contribution < -0.4 is 0 Å². The summed E-state index contributed by atoms with van der Waals surface area (Å²) < 4.78 is 64.0. The van der Waals surface area contributed by atoms with E-state index in [-0.39, 0.29) is 22.8 Å². The molecule has 0 spiro atoms. The van der Waals surface area contributed by atoms with Gasteiger partial charge in [-0.1, -0.05) is 6.07 Å². The molecule has 0 aliphatic rings. The van der Waals surface area contributed by atoms with Gasteiger partial charge in [-0.3, -0.25) is 9.97 Å². The summed E-state index contributed by atoms with van der Waals surface area (Å²) in [5, 5.41) is 0. The summed E-state index contributed by atoms with van der Waals surface area (Å²) in [5.74, 6) is -0.0479. The molecule has 0 aliphatic carbocycles. The Balaban J connectivity index is 2.08. The Morgan fingerprint density at radius 2 is 1.68 bits per heavy atom. The highest BCUT2D eigenvalue weighted by Gasteiger charge is 2.32. The van der Waals surface area contributed by atoms with Crippen molar-refractivity contribution >= 4 is 0 Å². The van der Waals surface area contributed by atoms with Gasteiger partial charge in [0.2, 0.25) is 0 Å². The van der Waals surface area contributed by atoms with Crippen molar-refractivity contribution in [3.8, 4) is 22.8 Å². The van der Waals surface area contributed by atoms with Crippen molar-refractivity contribution in [2.45, 2.75) is 12.6 Å². The van der Waals surface area contributed by atoms with Crippen molar-refractivity contribution in [3.05, 3.63) is 60.2 Å². The number of nitrogens with zero attached hydrogens (tertiary/aromatic N) is 4. The van der Waals surface area contributed by atoms with Crippen LogP contribution in [0.4, 0.5) is 22.0 Å². The van der Waals surface area contributed by atoms with Gasteiger partial charge in [0.05, 0.1) is 5.69 Å². The Hall–Kier alpha value is -2.97. The average molecular weight is 352 g/mol. The van der Waals surface area contributed by atoms with Crippen LogP contribution in [-0.4, -0.2) is 19.9 Å². The predicted octanol–water partition coefficient (Wildman–Crippen LogP) is 4.56. The van der Waals surface area contributed by atoms with Crippen LogP contribution >= 0.6 is 0 Å². The van der Waals surface area contributed by atoms with Crippen LogP contribution in [0.3, 0.4) is 0 Å². The number of pyridine rings is 2. The Morgan fingerprint density at radius 1 is 0.880 bits per heavy atom. The molecule has 0 N–H and O–H groups in total. The lowest BCUT2D eigenvalue weighted by Gasteiger charge is -2.09. The molecule has 4 nitrogen and oxygen atoms in total. The zero-order valence-electron chi connectivity index (χ0n) is 12.4. The number of halogens is 5. The summed E-state index contributed by atoms with van der Waals surface area (Å²) in [6, 6.07) is 7.72. The predicted molar refractivity (Wildman–Crippen MR) is 78.5 cm³/mol. The van der Waals surface area contributed by atoms with E-state index in [2.05, 4.69) is 19.9 Å². The van der Waals surface area contributed by atoms with Crippen molar-refractivity contribution in [2.24, 2.45) is 0 Å². The van der Waals surface area contributed by atoms with Gasteiger partial charge >= 0.3 is 6.18 Å². The molecule has 3 aromatic heterocycles. The van der Waals surface area contributed by atoms with Crippen LogP contribution in [0.25, 0.3) is 22.8 Å². The monoisotopic (exact) mass is 352 g/mol. The van der Waals surface area contributed by atoms with Crippen molar-refractivity contribution < 1.29 is 22.0 Å². The van der Waals surface area contributed by atoms with Gasteiger partial charge in [0.15, 0.2) is 5.82 Å². The number of hydrogen-bond acceptors (Lipinski definition) is 4. The van der Waals surface area contributed by atoms with E-state index in [0.717, 1.165) is 24.4 Å². The zero-order chi connectivity index (χ0) is 18.0. The van der Waals surface area contributed by atoms with Crippen LogP contribution in [0.15, 0.2) is 48.8 Å². The molecule has 25 heavy (non-hydrogen) atoms. The molecule has 0 aromatic carbocycles. The molecule has 0 amide bonds. The summed E-state index contributed by atoms with van der Waals surface area (Å²) in [4.78, 5) is 15.2. The molecular formula is C16H9F5N4. The maximum absolute atomic E-state index is 13.1. The highest BCUT2D eigenvalue weighted by Crippen LogP contribution is 2.30. The Bertz CT molecular complexity index is 864. The fourth-order valence-corrected chi connectivity index (χ4v) is 2.05. The molecule has 3 rings (SSSR count). The molecule has 9 heteroatoms. The molecule has 0 saturated carbocycles. The van der Waals surface area contributed by atoms with E-state index in [4.69, 9.17) is 0 Å². The summed E-state index contributed by atoms with van der Waals surface area (Å²) in [7, 11) is 0. The first-order chi connectivity index (χ1) is 11.8. The van der Waals surface area contributed by atoms with E-state index < -0.39 is 24.0 Å². The first-order valence-electron chi connectivity index (χ1n) is 6.97. The first kappa shape index (κ1) is 16.9. The quantitative estimate of drug-likeness (QED) is 0.649. The molecule has 0 aliphatic heterocycles. The van der Waals surface area contributed by atoms with Gasteiger partial charge in [0.1, 0.15) is 17.1 Å². The van der Waals surface area contributed by atoms with Crippen molar-refractivity contribution in [1.82, 2.24) is 19.9 Å². The number of hydrogen-bond donors (Lipinski definition) is 0. The second kappa shape index (κ2) is 6.50. The van der Waals surface area contributed by atoms with Crippen LogP contribution in [-0.2, 0) is 6.18 Å². The third-order valence-electron chi connectivity index (χ3n) is 3.21. The van der Waals surface area contributed by atoms with E-state index >= 15 is 0 Å². The van der Waals surface area contributed by atoms with Gasteiger partial charge in [0, 0.05) is 18.0 Å². The minimum absolute atomic E-state index is 0.0344. The fourth-order valence-electron chi connectivity index (χ4n) is 2.05. The Kier molecular flexibility index (Phi) is 4.39. The van der Waals surface area contributed by atoms with E-state index in [1.54, 1.807) is 18.2 Å². The topological polar surface area (TPSA) is 51.6 Å². The van der Waals surface area contributed by atoms with Crippen molar-refractivity contribution in [2.75, 3.05) is 0 Å². The highest BCUT2D eigenvalue weighted by molar-refractivity contribution is 5.62. The molecule has 0 fully saturated rings. The number of alkyl halides is 5. The van der Waals surface area contributed by atoms with E-state index in [9.17, 15) is 22.0 Å². The largest absolute Gasteiger partial charge is 0.433 e. The van der Waals surface area contributed by atoms with E-state index in [0.29, 0.717) is 0 Å². The molecule has 0 bridgehead atoms. The van der Waals surface area contributed by atoms with Crippen LogP contribution in [0.5, 0.6) is 0 Å². The van der Waals surface area contributed by atoms with Crippen LogP contribution in [0.2, 0.25) is 0 Å². The van der Waals surface area contributed by atoms with Gasteiger partial charge < -0.3 is 0 Å². The number of aromatic nitrogens is 4. The second-order valence-electron chi connectivity index (χ2n) is 4.95. The molecule has 128 valence electrons. The molecule has 0 atom stereocenters. The molecule has 0 radical (unpaired) electrons. The summed E-state index contributed by atoms with van der Waals surface area (Å²) >= 11 is 0. The Labute approximate surface area is 138 Å². The Morgan fingerprint density at radius 3 is 2.24 bits per heavy atom. The zero-order valence-corrected chi connectivity index (χ0v) is 12.4. The molecule has 3 aromatic rings. The minimum atomic E-state index is -4.59. The summed E-state index contributed by atoms with van der Waals surface area (Å²) in [6.07, 6.45) is -5.07. The summed E-state index contributed by atoms with van der Waals surface area (Å²) in [6.45, 7) is 0. The highest BCUT2D eigenvalue weighted by atomic mass is 19.4. The maximum atomic E-state index is 13.1. The van der Waals surface area contributed by atoms with E-state index in [1.165, 1.54) is 6.20 Å².